The minimum absolute atomic E-state index is 0.0304. The molecular formula is C30H28FN5O2S. The van der Waals surface area contributed by atoms with Gasteiger partial charge in [0.15, 0.2) is 10.9 Å². The lowest BCUT2D eigenvalue weighted by Crippen LogP contribution is -2.38. The second-order valence-corrected chi connectivity index (χ2v) is 10.7. The zero-order valence-electron chi connectivity index (χ0n) is 21.3. The van der Waals surface area contributed by atoms with Crippen molar-refractivity contribution in [2.24, 2.45) is 4.99 Å². The van der Waals surface area contributed by atoms with Gasteiger partial charge in [0.05, 0.1) is 12.1 Å². The van der Waals surface area contributed by atoms with Crippen LogP contribution in [-0.4, -0.2) is 52.1 Å². The van der Waals surface area contributed by atoms with E-state index in [4.69, 9.17) is 14.7 Å². The Morgan fingerprint density at radius 3 is 2.64 bits per heavy atom. The Morgan fingerprint density at radius 2 is 1.85 bits per heavy atom. The Bertz CT molecular complexity index is 1480. The van der Waals surface area contributed by atoms with Gasteiger partial charge in [-0.3, -0.25) is 19.7 Å². The zero-order valence-corrected chi connectivity index (χ0v) is 22.2. The number of carbonyl (C=O) groups excluding carboxylic acids is 1. The van der Waals surface area contributed by atoms with Crippen molar-refractivity contribution in [3.63, 3.8) is 0 Å². The lowest BCUT2D eigenvalue weighted by Gasteiger charge is -2.32. The van der Waals surface area contributed by atoms with Gasteiger partial charge in [-0.15, -0.1) is 11.3 Å². The van der Waals surface area contributed by atoms with Crippen LogP contribution in [-0.2, 0) is 6.54 Å². The molecule has 2 aliphatic rings. The van der Waals surface area contributed by atoms with Crippen LogP contribution < -0.4 is 10.1 Å². The van der Waals surface area contributed by atoms with E-state index >= 15 is 0 Å². The lowest BCUT2D eigenvalue weighted by atomic mass is 9.99. The smallest absolute Gasteiger partial charge is 0.183 e. The molecule has 7 nitrogen and oxygen atoms in total. The first-order valence-corrected chi connectivity index (χ1v) is 13.9. The topological polar surface area (TPSA) is 79.7 Å². The second-order valence-electron chi connectivity index (χ2n) is 9.79. The number of likely N-dealkylation sites (tertiary alicyclic amines) is 1. The summed E-state index contributed by atoms with van der Waals surface area (Å²) in [5.74, 6) is 0.157. The summed E-state index contributed by atoms with van der Waals surface area (Å²) in [6.07, 6.45) is 3.91. The number of halogens is 1. The van der Waals surface area contributed by atoms with Crippen LogP contribution in [0.4, 0.5) is 15.2 Å². The minimum Gasteiger partial charge on any atom is -0.488 e. The number of Topliss-reactive ketones (excluding diaryl/α,β-unsaturated/α-hetero) is 1. The summed E-state index contributed by atoms with van der Waals surface area (Å²) in [5, 5.41) is 6.40. The van der Waals surface area contributed by atoms with Crippen molar-refractivity contribution < 1.29 is 13.9 Å². The fraction of sp³-hybridized carbons (Fsp3) is 0.267. The number of aromatic nitrogens is 2. The number of thiazole rings is 1. The van der Waals surface area contributed by atoms with Gasteiger partial charge in [-0.2, -0.15) is 0 Å². The van der Waals surface area contributed by atoms with Gasteiger partial charge in [-0.1, -0.05) is 30.3 Å². The van der Waals surface area contributed by atoms with Crippen LogP contribution in [0.15, 0.2) is 77.2 Å². The van der Waals surface area contributed by atoms with E-state index in [1.54, 1.807) is 24.4 Å². The number of anilines is 1. The van der Waals surface area contributed by atoms with E-state index in [2.05, 4.69) is 45.5 Å². The van der Waals surface area contributed by atoms with Crippen LogP contribution in [0.5, 0.6) is 5.75 Å². The normalized spacial score (nSPS) is 16.0. The molecule has 1 N–H and O–H groups in total. The fourth-order valence-electron chi connectivity index (χ4n) is 4.94. The van der Waals surface area contributed by atoms with E-state index in [0.717, 1.165) is 37.6 Å². The van der Waals surface area contributed by atoms with Crippen LogP contribution in [0.3, 0.4) is 0 Å². The van der Waals surface area contributed by atoms with Gasteiger partial charge in [-0.05, 0) is 48.7 Å². The molecule has 0 atom stereocenters. The molecule has 2 aromatic heterocycles. The number of nitrogens with one attached hydrogen (secondary N) is 1. The SMILES string of the molecule is O=C1CC(COc2ccc(F)cc2)=Nc2c1ccnc2-c1csc(NC2CCN(Cc3ccccc3)CC2)n1. The number of hydrogen-bond donors (Lipinski definition) is 1. The van der Waals surface area contributed by atoms with Crippen molar-refractivity contribution in [3.8, 4) is 17.1 Å². The van der Waals surface area contributed by atoms with Gasteiger partial charge >= 0.3 is 0 Å². The molecule has 2 aromatic carbocycles. The molecule has 198 valence electrons. The number of ketones is 1. The van der Waals surface area contributed by atoms with Crippen molar-refractivity contribution in [3.05, 3.63) is 89.2 Å². The number of pyridine rings is 1. The van der Waals surface area contributed by atoms with Gasteiger partial charge in [0, 0.05) is 42.8 Å². The first-order chi connectivity index (χ1) is 19.1. The maximum atomic E-state index is 13.2. The third-order valence-electron chi connectivity index (χ3n) is 6.99. The minimum atomic E-state index is -0.331. The molecule has 1 saturated heterocycles. The average molecular weight is 542 g/mol. The van der Waals surface area contributed by atoms with Crippen LogP contribution >= 0.6 is 11.3 Å². The van der Waals surface area contributed by atoms with E-state index in [1.807, 2.05) is 5.38 Å². The maximum absolute atomic E-state index is 13.2. The first-order valence-electron chi connectivity index (χ1n) is 13.1. The second kappa shape index (κ2) is 11.4. The molecule has 4 aromatic rings. The number of nitrogens with zero attached hydrogens (tertiary/aromatic N) is 4. The lowest BCUT2D eigenvalue weighted by molar-refractivity contribution is 0.0998. The summed E-state index contributed by atoms with van der Waals surface area (Å²) in [6, 6.07) is 18.4. The predicted molar refractivity (Wildman–Crippen MR) is 152 cm³/mol. The first kappa shape index (κ1) is 25.3. The Morgan fingerprint density at radius 1 is 1.05 bits per heavy atom. The summed E-state index contributed by atoms with van der Waals surface area (Å²) < 4.78 is 18.9. The predicted octanol–water partition coefficient (Wildman–Crippen LogP) is 6.16. The highest BCUT2D eigenvalue weighted by molar-refractivity contribution is 7.14. The number of rotatable bonds is 8. The number of piperidine rings is 1. The maximum Gasteiger partial charge on any atom is 0.183 e. The highest BCUT2D eigenvalue weighted by Gasteiger charge is 2.25. The van der Waals surface area contributed by atoms with Crippen LogP contribution in [0.25, 0.3) is 11.4 Å². The zero-order chi connectivity index (χ0) is 26.6. The summed E-state index contributed by atoms with van der Waals surface area (Å²) in [7, 11) is 0. The van der Waals surface area contributed by atoms with Crippen LogP contribution in [0, 0.1) is 5.82 Å². The molecule has 39 heavy (non-hydrogen) atoms. The third kappa shape index (κ3) is 6.05. The quantitative estimate of drug-likeness (QED) is 0.288. The Balaban J connectivity index is 1.12. The molecule has 0 bridgehead atoms. The van der Waals surface area contributed by atoms with E-state index < -0.39 is 0 Å². The molecule has 9 heteroatoms. The Labute approximate surface area is 230 Å². The molecule has 4 heterocycles. The molecule has 1 fully saturated rings. The summed E-state index contributed by atoms with van der Waals surface area (Å²) in [6.45, 7) is 3.20. The van der Waals surface area contributed by atoms with E-state index in [1.165, 1.54) is 29.0 Å². The van der Waals surface area contributed by atoms with Crippen molar-refractivity contribution in [2.45, 2.75) is 31.8 Å². The molecule has 2 aliphatic heterocycles. The van der Waals surface area contributed by atoms with E-state index in [9.17, 15) is 9.18 Å². The highest BCUT2D eigenvalue weighted by Crippen LogP contribution is 2.36. The number of hydrogen-bond acceptors (Lipinski definition) is 8. The Hall–Kier alpha value is -3.95. The number of fused-ring (bicyclic) bond motifs is 1. The van der Waals surface area contributed by atoms with Crippen molar-refractivity contribution in [1.29, 1.82) is 0 Å². The molecule has 0 radical (unpaired) electrons. The van der Waals surface area contributed by atoms with Crippen LogP contribution in [0.2, 0.25) is 0 Å². The van der Waals surface area contributed by atoms with Crippen molar-refractivity contribution >= 4 is 33.7 Å². The molecule has 0 saturated carbocycles. The van der Waals surface area contributed by atoms with E-state index in [-0.39, 0.29) is 24.6 Å². The van der Waals surface area contributed by atoms with Crippen molar-refractivity contribution in [2.75, 3.05) is 25.0 Å². The molecular weight excluding hydrogens is 513 g/mol. The Kier molecular flexibility index (Phi) is 7.42. The number of benzene rings is 2. The molecule has 6 rings (SSSR count). The van der Waals surface area contributed by atoms with Gasteiger partial charge in [0.1, 0.15) is 35.2 Å². The van der Waals surface area contributed by atoms with Gasteiger partial charge in [0.2, 0.25) is 0 Å². The number of aliphatic imine (C=N–C) groups is 1. The summed E-state index contributed by atoms with van der Waals surface area (Å²) in [4.78, 5) is 29.5. The standard InChI is InChI=1S/C30H28FN5O2S/c31-21-6-8-24(9-7-21)38-18-23-16-27(37)25-10-13-32-29(28(25)33-23)26-19-39-30(35-26)34-22-11-14-36(15-12-22)17-20-4-2-1-3-5-20/h1-10,13,19,22H,11-12,14-18H2,(H,34,35). The van der Waals surface area contributed by atoms with Gasteiger partial charge in [-0.25, -0.2) is 9.37 Å². The highest BCUT2D eigenvalue weighted by atomic mass is 32.1. The number of ether oxygens (including phenoxy) is 1. The monoisotopic (exact) mass is 541 g/mol. The van der Waals surface area contributed by atoms with Gasteiger partial charge in [0.25, 0.3) is 0 Å². The van der Waals surface area contributed by atoms with Crippen LogP contribution in [0.1, 0.15) is 35.2 Å². The van der Waals surface area contributed by atoms with Crippen molar-refractivity contribution in [1.82, 2.24) is 14.9 Å². The van der Waals surface area contributed by atoms with Gasteiger partial charge < -0.3 is 10.1 Å². The molecule has 0 amide bonds. The number of carbonyl (C=O) groups is 1. The molecule has 0 aliphatic carbocycles. The largest absolute Gasteiger partial charge is 0.488 e. The fourth-order valence-corrected chi connectivity index (χ4v) is 5.71. The van der Waals surface area contributed by atoms with E-state index in [0.29, 0.717) is 40.1 Å². The third-order valence-corrected chi connectivity index (χ3v) is 7.76. The molecule has 0 spiro atoms. The average Bonchev–Trinajstić information content (AvgIpc) is 3.42. The summed E-state index contributed by atoms with van der Waals surface area (Å²) >= 11 is 1.54. The summed E-state index contributed by atoms with van der Waals surface area (Å²) in [5.41, 5.74) is 4.29. The molecule has 0 unspecified atom stereocenters.